The lowest BCUT2D eigenvalue weighted by molar-refractivity contribution is 0.100. The van der Waals surface area contributed by atoms with Crippen LogP contribution in [0.4, 0.5) is 17.5 Å². The molecular weight excluding hydrogens is 356 g/mol. The van der Waals surface area contributed by atoms with Crippen molar-refractivity contribution in [2.45, 2.75) is 18.9 Å². The number of ether oxygens (including phenoxy) is 1. The second-order valence-corrected chi connectivity index (χ2v) is 7.37. The first-order valence-corrected chi connectivity index (χ1v) is 9.27. The van der Waals surface area contributed by atoms with E-state index in [0.717, 1.165) is 0 Å². The molecule has 3 heterocycles. The summed E-state index contributed by atoms with van der Waals surface area (Å²) in [5.41, 5.74) is 11.9. The fourth-order valence-corrected chi connectivity index (χ4v) is 3.93. The Morgan fingerprint density at radius 3 is 2.73 bits per heavy atom. The zero-order chi connectivity index (χ0) is 18.8. The molecule has 0 spiro atoms. The molecular formula is C16H24N6O3S. The lowest BCUT2D eigenvalue weighted by atomic mass is 10.1. The highest BCUT2D eigenvalue weighted by Crippen LogP contribution is 2.38. The van der Waals surface area contributed by atoms with Gasteiger partial charge in [0.05, 0.1) is 23.8 Å². The summed E-state index contributed by atoms with van der Waals surface area (Å²) in [7, 11) is 3.53. The number of methoxy groups -OCH3 is 1. The molecule has 3 rings (SSSR count). The van der Waals surface area contributed by atoms with Crippen molar-refractivity contribution in [1.82, 2.24) is 9.97 Å². The van der Waals surface area contributed by atoms with Gasteiger partial charge in [-0.3, -0.25) is 4.79 Å². The van der Waals surface area contributed by atoms with E-state index in [1.54, 1.807) is 7.11 Å². The molecule has 0 aromatic carbocycles. The van der Waals surface area contributed by atoms with E-state index in [1.807, 2.05) is 16.8 Å². The summed E-state index contributed by atoms with van der Waals surface area (Å²) in [4.78, 5) is 25.9. The number of piperidine rings is 1. The predicted molar refractivity (Wildman–Crippen MR) is 103 cm³/mol. The van der Waals surface area contributed by atoms with E-state index in [2.05, 4.69) is 4.98 Å². The van der Waals surface area contributed by atoms with Crippen LogP contribution in [-0.2, 0) is 4.74 Å². The smallest absolute Gasteiger partial charge is 0.260 e. The van der Waals surface area contributed by atoms with Gasteiger partial charge in [0.2, 0.25) is 5.95 Å². The Kier molecular flexibility index (Phi) is 5.44. The Labute approximate surface area is 155 Å². The van der Waals surface area contributed by atoms with Gasteiger partial charge in [-0.05, 0) is 12.8 Å². The summed E-state index contributed by atoms with van der Waals surface area (Å²) in [6.45, 7) is 2.50. The molecule has 1 fully saturated rings. The SMILES string of the molecule is COCCN(C)c1nc(N2CCC(O)CC2)nc2sc(C(N)=O)c(N)c12. The molecule has 0 saturated carbocycles. The molecule has 0 unspecified atom stereocenters. The van der Waals surface area contributed by atoms with Crippen molar-refractivity contribution in [3.63, 3.8) is 0 Å². The van der Waals surface area contributed by atoms with Crippen LogP contribution in [0.1, 0.15) is 22.5 Å². The molecule has 1 amide bonds. The Balaban J connectivity index is 2.08. The van der Waals surface area contributed by atoms with Gasteiger partial charge < -0.3 is 31.1 Å². The van der Waals surface area contributed by atoms with Crippen molar-refractivity contribution in [3.8, 4) is 0 Å². The molecule has 0 atom stereocenters. The molecule has 0 radical (unpaired) electrons. The number of nitrogens with two attached hydrogens (primary N) is 2. The zero-order valence-corrected chi connectivity index (χ0v) is 15.8. The number of hydrogen-bond donors (Lipinski definition) is 3. The number of aliphatic hydroxyl groups is 1. The lowest BCUT2D eigenvalue weighted by Gasteiger charge is -2.30. The normalized spacial score (nSPS) is 15.6. The van der Waals surface area contributed by atoms with Gasteiger partial charge in [-0.25, -0.2) is 4.98 Å². The molecule has 26 heavy (non-hydrogen) atoms. The van der Waals surface area contributed by atoms with Crippen molar-refractivity contribution in [2.75, 3.05) is 55.9 Å². The largest absolute Gasteiger partial charge is 0.397 e. The number of aliphatic hydroxyl groups excluding tert-OH is 1. The number of rotatable bonds is 6. The monoisotopic (exact) mass is 380 g/mol. The minimum absolute atomic E-state index is 0.280. The molecule has 142 valence electrons. The molecule has 1 aliphatic heterocycles. The summed E-state index contributed by atoms with van der Waals surface area (Å²) in [6.07, 6.45) is 1.07. The number of amides is 1. The highest BCUT2D eigenvalue weighted by Gasteiger charge is 2.25. The molecule has 2 aromatic heterocycles. The van der Waals surface area contributed by atoms with E-state index in [4.69, 9.17) is 21.2 Å². The number of aromatic nitrogens is 2. The number of nitrogens with zero attached hydrogens (tertiary/aromatic N) is 4. The summed E-state index contributed by atoms with van der Waals surface area (Å²) in [6, 6.07) is 0. The Morgan fingerprint density at radius 1 is 1.42 bits per heavy atom. The van der Waals surface area contributed by atoms with Crippen LogP contribution in [0.5, 0.6) is 0 Å². The number of nitrogen functional groups attached to an aromatic ring is 1. The number of carbonyl (C=O) groups excluding carboxylic acids is 1. The van der Waals surface area contributed by atoms with Crippen LogP contribution in [0.2, 0.25) is 0 Å². The minimum atomic E-state index is -0.571. The topological polar surface area (TPSA) is 131 Å². The number of carbonyl (C=O) groups is 1. The number of thiophene rings is 1. The van der Waals surface area contributed by atoms with Gasteiger partial charge in [0.25, 0.3) is 5.91 Å². The average Bonchev–Trinajstić information content (AvgIpc) is 2.96. The summed E-state index contributed by atoms with van der Waals surface area (Å²) >= 11 is 1.18. The van der Waals surface area contributed by atoms with E-state index in [-0.39, 0.29) is 6.10 Å². The van der Waals surface area contributed by atoms with E-state index >= 15 is 0 Å². The second kappa shape index (κ2) is 7.60. The summed E-state index contributed by atoms with van der Waals surface area (Å²) in [5, 5.41) is 10.4. The van der Waals surface area contributed by atoms with Crippen molar-refractivity contribution < 1.29 is 14.6 Å². The van der Waals surface area contributed by atoms with Crippen LogP contribution < -0.4 is 21.3 Å². The first-order valence-electron chi connectivity index (χ1n) is 8.45. The van der Waals surface area contributed by atoms with Gasteiger partial charge in [-0.1, -0.05) is 0 Å². The van der Waals surface area contributed by atoms with Gasteiger partial charge >= 0.3 is 0 Å². The summed E-state index contributed by atoms with van der Waals surface area (Å²) < 4.78 is 5.15. The second-order valence-electron chi connectivity index (χ2n) is 6.37. The fourth-order valence-electron chi connectivity index (χ4n) is 2.99. The average molecular weight is 380 g/mol. The minimum Gasteiger partial charge on any atom is -0.397 e. The Bertz CT molecular complexity index is 803. The van der Waals surface area contributed by atoms with Crippen LogP contribution in [0, 0.1) is 0 Å². The maximum absolute atomic E-state index is 11.7. The van der Waals surface area contributed by atoms with Crippen LogP contribution >= 0.6 is 11.3 Å². The molecule has 2 aromatic rings. The quantitative estimate of drug-likeness (QED) is 0.657. The lowest BCUT2D eigenvalue weighted by Crippen LogP contribution is -2.37. The van der Waals surface area contributed by atoms with E-state index in [0.29, 0.717) is 71.6 Å². The van der Waals surface area contributed by atoms with Crippen molar-refractivity contribution in [1.29, 1.82) is 0 Å². The number of anilines is 3. The molecule has 0 aliphatic carbocycles. The van der Waals surface area contributed by atoms with Crippen LogP contribution in [-0.4, -0.2) is 67.5 Å². The number of primary amides is 1. The van der Waals surface area contributed by atoms with E-state index in [9.17, 15) is 9.90 Å². The first kappa shape index (κ1) is 18.6. The third kappa shape index (κ3) is 3.53. The fraction of sp³-hybridized carbons (Fsp3) is 0.562. The highest BCUT2D eigenvalue weighted by atomic mass is 32.1. The van der Waals surface area contributed by atoms with Crippen molar-refractivity contribution in [3.05, 3.63) is 4.88 Å². The predicted octanol–water partition coefficient (Wildman–Crippen LogP) is 0.416. The van der Waals surface area contributed by atoms with E-state index in [1.165, 1.54) is 11.3 Å². The molecule has 10 heteroatoms. The number of fused-ring (bicyclic) bond motifs is 1. The third-order valence-corrected chi connectivity index (χ3v) is 5.64. The van der Waals surface area contributed by atoms with Crippen LogP contribution in [0.15, 0.2) is 0 Å². The van der Waals surface area contributed by atoms with Gasteiger partial charge in [-0.15, -0.1) is 11.3 Å². The van der Waals surface area contributed by atoms with Gasteiger partial charge in [-0.2, -0.15) is 4.98 Å². The third-order valence-electron chi connectivity index (χ3n) is 4.52. The number of likely N-dealkylation sites (N-methyl/N-ethyl adjacent to an activating group) is 1. The first-order chi connectivity index (χ1) is 12.4. The van der Waals surface area contributed by atoms with Gasteiger partial charge in [0, 0.05) is 33.8 Å². The van der Waals surface area contributed by atoms with Gasteiger partial charge in [0.15, 0.2) is 0 Å². The molecule has 0 bridgehead atoms. The van der Waals surface area contributed by atoms with E-state index < -0.39 is 5.91 Å². The van der Waals surface area contributed by atoms with Crippen molar-refractivity contribution in [2.24, 2.45) is 5.73 Å². The Hall–Kier alpha value is -2.17. The zero-order valence-electron chi connectivity index (χ0n) is 14.9. The molecule has 1 aliphatic rings. The highest BCUT2D eigenvalue weighted by molar-refractivity contribution is 7.21. The Morgan fingerprint density at radius 2 is 2.12 bits per heavy atom. The van der Waals surface area contributed by atoms with Crippen LogP contribution in [0.25, 0.3) is 10.2 Å². The molecule has 1 saturated heterocycles. The van der Waals surface area contributed by atoms with Crippen LogP contribution in [0.3, 0.4) is 0 Å². The van der Waals surface area contributed by atoms with Gasteiger partial charge in [0.1, 0.15) is 15.5 Å². The number of hydrogen-bond acceptors (Lipinski definition) is 9. The molecule has 9 nitrogen and oxygen atoms in total. The standard InChI is InChI=1S/C16H24N6O3S/c1-21(7-8-25-2)14-10-11(17)12(13(18)24)26-15(10)20-16(19-14)22-5-3-9(23)4-6-22/h9,23H,3-8,17H2,1-2H3,(H2,18,24). The molecule has 5 N–H and O–H groups in total. The maximum Gasteiger partial charge on any atom is 0.260 e. The maximum atomic E-state index is 11.7. The summed E-state index contributed by atoms with van der Waals surface area (Å²) in [5.74, 6) is 0.647. The van der Waals surface area contributed by atoms with Crippen molar-refractivity contribution >= 4 is 44.9 Å².